The van der Waals surface area contributed by atoms with Crippen molar-refractivity contribution in [2.45, 2.75) is 19.5 Å². The van der Waals surface area contributed by atoms with E-state index in [0.717, 1.165) is 37.4 Å². The van der Waals surface area contributed by atoms with E-state index < -0.39 is 6.03 Å². The molecule has 1 saturated heterocycles. The van der Waals surface area contributed by atoms with E-state index in [4.69, 9.17) is 0 Å². The first kappa shape index (κ1) is 19.7. The molecule has 0 spiro atoms. The molecule has 28 heavy (non-hydrogen) atoms. The molecule has 1 aliphatic rings. The summed E-state index contributed by atoms with van der Waals surface area (Å²) >= 11 is 0. The number of rotatable bonds is 5. The van der Waals surface area contributed by atoms with Crippen LogP contribution in [0.5, 0.6) is 5.75 Å². The molecule has 1 atom stereocenters. The molecular formula is C21H26N4O3. The predicted molar refractivity (Wildman–Crippen MR) is 108 cm³/mol. The molecule has 3 N–H and O–H groups in total. The maximum atomic E-state index is 12.4. The zero-order chi connectivity index (χ0) is 19.9. The van der Waals surface area contributed by atoms with Gasteiger partial charge in [0.25, 0.3) is 0 Å². The fourth-order valence-electron chi connectivity index (χ4n) is 3.24. The van der Waals surface area contributed by atoms with Gasteiger partial charge in [-0.3, -0.25) is 15.0 Å². The zero-order valence-corrected chi connectivity index (χ0v) is 16.0. The second kappa shape index (κ2) is 9.23. The molecule has 0 radical (unpaired) electrons. The number of nitrogens with zero attached hydrogens (tertiary/aromatic N) is 2. The molecule has 0 aliphatic carbocycles. The number of phenolic OH excluding ortho intramolecular Hbond substituents is 1. The van der Waals surface area contributed by atoms with E-state index in [2.05, 4.69) is 20.4 Å². The Morgan fingerprint density at radius 2 is 1.64 bits per heavy atom. The lowest BCUT2D eigenvalue weighted by Gasteiger charge is -2.38. The number of nitrogens with one attached hydrogen (secondary N) is 2. The van der Waals surface area contributed by atoms with Crippen LogP contribution in [0.15, 0.2) is 54.6 Å². The van der Waals surface area contributed by atoms with E-state index in [9.17, 15) is 14.7 Å². The highest BCUT2D eigenvalue weighted by Crippen LogP contribution is 2.20. The van der Waals surface area contributed by atoms with Crippen LogP contribution in [0.3, 0.4) is 0 Å². The molecule has 2 aromatic rings. The lowest BCUT2D eigenvalue weighted by Crippen LogP contribution is -2.55. The molecule has 0 saturated carbocycles. The van der Waals surface area contributed by atoms with E-state index in [-0.39, 0.29) is 17.7 Å². The van der Waals surface area contributed by atoms with Crippen molar-refractivity contribution in [2.24, 2.45) is 0 Å². The summed E-state index contributed by atoms with van der Waals surface area (Å²) in [6, 6.07) is 15.8. The second-order valence-electron chi connectivity index (χ2n) is 6.87. The first-order chi connectivity index (χ1) is 13.5. The number of phenols is 1. The van der Waals surface area contributed by atoms with E-state index >= 15 is 0 Å². The fourth-order valence-corrected chi connectivity index (χ4v) is 3.24. The highest BCUT2D eigenvalue weighted by molar-refractivity contribution is 5.96. The number of aromatic hydroxyl groups is 1. The van der Waals surface area contributed by atoms with Gasteiger partial charge in [-0.1, -0.05) is 30.3 Å². The third-order valence-electron chi connectivity index (χ3n) is 4.99. The summed E-state index contributed by atoms with van der Waals surface area (Å²) < 4.78 is 0. The number of urea groups is 1. The van der Waals surface area contributed by atoms with Crippen LogP contribution >= 0.6 is 0 Å². The highest BCUT2D eigenvalue weighted by atomic mass is 16.3. The van der Waals surface area contributed by atoms with Crippen molar-refractivity contribution in [2.75, 3.05) is 31.1 Å². The van der Waals surface area contributed by atoms with Gasteiger partial charge >= 0.3 is 6.03 Å². The number of piperazine rings is 1. The van der Waals surface area contributed by atoms with Gasteiger partial charge in [-0.15, -0.1) is 0 Å². The molecule has 3 rings (SSSR count). The van der Waals surface area contributed by atoms with Crippen LogP contribution < -0.4 is 15.5 Å². The molecule has 1 heterocycles. The van der Waals surface area contributed by atoms with Gasteiger partial charge in [0, 0.05) is 38.4 Å². The summed E-state index contributed by atoms with van der Waals surface area (Å²) in [5.74, 6) is -0.0538. The van der Waals surface area contributed by atoms with Crippen LogP contribution in [0.2, 0.25) is 0 Å². The first-order valence-corrected chi connectivity index (χ1v) is 9.43. The Labute approximate surface area is 165 Å². The quantitative estimate of drug-likeness (QED) is 0.736. The van der Waals surface area contributed by atoms with E-state index in [1.807, 2.05) is 49.4 Å². The highest BCUT2D eigenvalue weighted by Gasteiger charge is 2.26. The summed E-state index contributed by atoms with van der Waals surface area (Å²) in [5, 5.41) is 14.5. The van der Waals surface area contributed by atoms with E-state index in [1.165, 1.54) is 0 Å². The summed E-state index contributed by atoms with van der Waals surface area (Å²) in [6.07, 6.45) is 0. The van der Waals surface area contributed by atoms with Crippen molar-refractivity contribution in [1.29, 1.82) is 0 Å². The molecule has 1 aliphatic heterocycles. The fraction of sp³-hybridized carbons (Fsp3) is 0.333. The Morgan fingerprint density at radius 3 is 2.29 bits per heavy atom. The van der Waals surface area contributed by atoms with E-state index in [1.54, 1.807) is 12.1 Å². The number of hydrogen-bond donors (Lipinski definition) is 3. The number of carbonyl (C=O) groups is 2. The molecule has 7 nitrogen and oxygen atoms in total. The monoisotopic (exact) mass is 382 g/mol. The van der Waals surface area contributed by atoms with Gasteiger partial charge in [-0.2, -0.15) is 0 Å². The minimum atomic E-state index is -0.483. The van der Waals surface area contributed by atoms with Gasteiger partial charge in [0.15, 0.2) is 0 Å². The average molecular weight is 382 g/mol. The zero-order valence-electron chi connectivity index (χ0n) is 16.0. The maximum absolute atomic E-state index is 12.4. The lowest BCUT2D eigenvalue weighted by molar-refractivity contribution is -0.124. The second-order valence-corrected chi connectivity index (χ2v) is 6.87. The van der Waals surface area contributed by atoms with Crippen molar-refractivity contribution in [3.63, 3.8) is 0 Å². The Morgan fingerprint density at radius 1 is 1.00 bits per heavy atom. The van der Waals surface area contributed by atoms with Crippen molar-refractivity contribution in [3.8, 4) is 5.75 Å². The number of imide groups is 1. The van der Waals surface area contributed by atoms with Crippen molar-refractivity contribution < 1.29 is 14.7 Å². The molecule has 3 amide bonds. The maximum Gasteiger partial charge on any atom is 0.321 e. The van der Waals surface area contributed by atoms with Crippen molar-refractivity contribution in [1.82, 2.24) is 15.5 Å². The minimum absolute atomic E-state index is 0.248. The minimum Gasteiger partial charge on any atom is -0.508 e. The van der Waals surface area contributed by atoms with Crippen LogP contribution in [0, 0.1) is 0 Å². The van der Waals surface area contributed by atoms with Crippen molar-refractivity contribution in [3.05, 3.63) is 60.2 Å². The smallest absolute Gasteiger partial charge is 0.321 e. The molecule has 2 aromatic carbocycles. The molecular weight excluding hydrogens is 356 g/mol. The lowest BCUT2D eigenvalue weighted by atomic mass is 10.2. The number of anilines is 1. The average Bonchev–Trinajstić information content (AvgIpc) is 2.73. The third-order valence-corrected chi connectivity index (χ3v) is 4.99. The van der Waals surface area contributed by atoms with Gasteiger partial charge in [0.05, 0.1) is 6.04 Å². The van der Waals surface area contributed by atoms with Gasteiger partial charge in [-0.25, -0.2) is 4.79 Å². The predicted octanol–water partition coefficient (Wildman–Crippen LogP) is 1.93. The first-order valence-electron chi connectivity index (χ1n) is 9.43. The number of carbonyl (C=O) groups excluding carboxylic acids is 2. The Kier molecular flexibility index (Phi) is 6.49. The summed E-state index contributed by atoms with van der Waals surface area (Å²) in [6.45, 7) is 5.20. The van der Waals surface area contributed by atoms with Crippen LogP contribution in [0.1, 0.15) is 12.5 Å². The number of amides is 3. The standard InChI is InChI=1S/C21H26N4O3/c1-16(20(27)23-21(28)22-15-17-5-3-2-4-6-17)24-11-13-25(14-12-24)18-7-9-19(26)10-8-18/h2-10,16,26H,11-15H2,1H3,(H2,22,23,27,28)/t16-/m1/s1. The normalized spacial score (nSPS) is 15.7. The molecule has 0 aromatic heterocycles. The Hall–Kier alpha value is -3.06. The van der Waals surface area contributed by atoms with Crippen LogP contribution in [-0.4, -0.2) is 54.2 Å². The topological polar surface area (TPSA) is 84.9 Å². The largest absolute Gasteiger partial charge is 0.508 e. The number of hydrogen-bond acceptors (Lipinski definition) is 5. The number of benzene rings is 2. The molecule has 7 heteroatoms. The van der Waals surface area contributed by atoms with Gasteiger partial charge < -0.3 is 15.3 Å². The van der Waals surface area contributed by atoms with Crippen LogP contribution in [0.4, 0.5) is 10.5 Å². The summed E-state index contributed by atoms with van der Waals surface area (Å²) in [4.78, 5) is 28.7. The Balaban J connectivity index is 1.43. The third kappa shape index (κ3) is 5.23. The molecule has 0 bridgehead atoms. The molecule has 148 valence electrons. The van der Waals surface area contributed by atoms with Gasteiger partial charge in [-0.05, 0) is 36.8 Å². The van der Waals surface area contributed by atoms with E-state index in [0.29, 0.717) is 6.54 Å². The molecule has 1 fully saturated rings. The summed E-state index contributed by atoms with van der Waals surface area (Å²) in [7, 11) is 0. The van der Waals surface area contributed by atoms with Crippen LogP contribution in [0.25, 0.3) is 0 Å². The SMILES string of the molecule is C[C@H](C(=O)NC(=O)NCc1ccccc1)N1CCN(c2ccc(O)cc2)CC1. The Bertz CT molecular complexity index is 787. The molecule has 0 unspecified atom stereocenters. The van der Waals surface area contributed by atoms with Gasteiger partial charge in [0.1, 0.15) is 5.75 Å². The van der Waals surface area contributed by atoms with Crippen LogP contribution in [-0.2, 0) is 11.3 Å². The summed E-state index contributed by atoms with van der Waals surface area (Å²) in [5.41, 5.74) is 2.03. The van der Waals surface area contributed by atoms with Crippen molar-refractivity contribution >= 4 is 17.6 Å². The van der Waals surface area contributed by atoms with Gasteiger partial charge in [0.2, 0.25) is 5.91 Å².